The Hall–Kier alpha value is -0.450. The zero-order valence-corrected chi connectivity index (χ0v) is 14.7. The van der Waals surface area contributed by atoms with Gasteiger partial charge in [-0.25, -0.2) is 0 Å². The minimum absolute atomic E-state index is 0.419. The lowest BCUT2D eigenvalue weighted by atomic mass is 10.1. The molecule has 1 unspecified atom stereocenters. The van der Waals surface area contributed by atoms with Gasteiger partial charge in [0.25, 0.3) is 0 Å². The number of rotatable bonds is 8. The fourth-order valence-corrected chi connectivity index (χ4v) is 3.22. The maximum atomic E-state index is 5.91. The number of benzene rings is 1. The highest BCUT2D eigenvalue weighted by Crippen LogP contribution is 2.37. The van der Waals surface area contributed by atoms with Crippen LogP contribution in [0.25, 0.3) is 0 Å². The number of halogens is 2. The molecular formula is C16H22BrClO3. The molecule has 0 aromatic heterocycles. The van der Waals surface area contributed by atoms with Gasteiger partial charge in [0.2, 0.25) is 0 Å². The van der Waals surface area contributed by atoms with Crippen molar-refractivity contribution in [1.29, 1.82) is 0 Å². The van der Waals surface area contributed by atoms with Gasteiger partial charge in [0, 0.05) is 12.5 Å². The van der Waals surface area contributed by atoms with Crippen molar-refractivity contribution in [3.05, 3.63) is 22.2 Å². The maximum Gasteiger partial charge on any atom is 0.175 e. The summed E-state index contributed by atoms with van der Waals surface area (Å²) in [5.41, 5.74) is 1.01. The number of hydrogen-bond donors (Lipinski definition) is 0. The van der Waals surface area contributed by atoms with E-state index in [1.807, 2.05) is 19.1 Å². The van der Waals surface area contributed by atoms with Gasteiger partial charge in [-0.1, -0.05) is 0 Å². The smallest absolute Gasteiger partial charge is 0.175 e. The molecule has 0 bridgehead atoms. The van der Waals surface area contributed by atoms with Crippen LogP contribution >= 0.6 is 27.5 Å². The first kappa shape index (κ1) is 16.9. The molecule has 0 spiro atoms. The first-order valence-electron chi connectivity index (χ1n) is 7.50. The van der Waals surface area contributed by atoms with Crippen LogP contribution in [-0.2, 0) is 10.6 Å². The molecule has 5 heteroatoms. The molecule has 1 aliphatic rings. The average Bonchev–Trinajstić information content (AvgIpc) is 2.99. The van der Waals surface area contributed by atoms with Crippen LogP contribution in [0.1, 0.15) is 38.2 Å². The quantitative estimate of drug-likeness (QED) is 0.475. The van der Waals surface area contributed by atoms with Crippen molar-refractivity contribution in [2.45, 2.75) is 44.6 Å². The molecule has 1 aromatic rings. The third-order valence-corrected chi connectivity index (χ3v) is 4.36. The van der Waals surface area contributed by atoms with E-state index in [4.69, 9.17) is 25.8 Å². The Morgan fingerprint density at radius 3 is 2.90 bits per heavy atom. The second-order valence-corrected chi connectivity index (χ2v) is 6.22. The van der Waals surface area contributed by atoms with Gasteiger partial charge in [-0.3, -0.25) is 0 Å². The molecule has 21 heavy (non-hydrogen) atoms. The zero-order valence-electron chi connectivity index (χ0n) is 12.4. The van der Waals surface area contributed by atoms with E-state index in [0.29, 0.717) is 25.2 Å². The molecule has 1 aromatic carbocycles. The third kappa shape index (κ3) is 5.04. The molecule has 118 valence electrons. The summed E-state index contributed by atoms with van der Waals surface area (Å²) < 4.78 is 18.1. The Kier molecular flexibility index (Phi) is 7.14. The summed E-state index contributed by atoms with van der Waals surface area (Å²) in [7, 11) is 0. The third-order valence-electron chi connectivity index (χ3n) is 3.46. The number of ether oxygens (including phenoxy) is 3. The molecule has 1 saturated heterocycles. The second-order valence-electron chi connectivity index (χ2n) is 5.10. The normalized spacial score (nSPS) is 18.0. The summed E-state index contributed by atoms with van der Waals surface area (Å²) in [6.07, 6.45) is 4.83. The summed E-state index contributed by atoms with van der Waals surface area (Å²) >= 11 is 9.43. The van der Waals surface area contributed by atoms with Crippen LogP contribution in [0.5, 0.6) is 11.5 Å². The van der Waals surface area contributed by atoms with Crippen LogP contribution in [0.3, 0.4) is 0 Å². The molecule has 1 atom stereocenters. The van der Waals surface area contributed by atoms with Crippen molar-refractivity contribution < 1.29 is 14.2 Å². The monoisotopic (exact) mass is 376 g/mol. The van der Waals surface area contributed by atoms with Crippen molar-refractivity contribution in [1.82, 2.24) is 0 Å². The fourth-order valence-electron chi connectivity index (χ4n) is 2.46. The van der Waals surface area contributed by atoms with Gasteiger partial charge in [-0.2, -0.15) is 0 Å². The zero-order chi connectivity index (χ0) is 15.1. The second kappa shape index (κ2) is 8.86. The summed E-state index contributed by atoms with van der Waals surface area (Å²) in [6, 6.07) is 3.92. The lowest BCUT2D eigenvalue weighted by Crippen LogP contribution is -2.08. The molecule has 0 N–H and O–H groups in total. The Morgan fingerprint density at radius 1 is 1.38 bits per heavy atom. The van der Waals surface area contributed by atoms with Crippen molar-refractivity contribution in [2.24, 2.45) is 0 Å². The van der Waals surface area contributed by atoms with Gasteiger partial charge in [0.1, 0.15) is 0 Å². The van der Waals surface area contributed by atoms with Crippen LogP contribution < -0.4 is 9.47 Å². The highest BCUT2D eigenvalue weighted by atomic mass is 79.9. The van der Waals surface area contributed by atoms with E-state index in [-0.39, 0.29) is 0 Å². The molecular weight excluding hydrogens is 356 g/mol. The van der Waals surface area contributed by atoms with E-state index in [2.05, 4.69) is 15.9 Å². The molecule has 0 amide bonds. The van der Waals surface area contributed by atoms with E-state index in [1.165, 1.54) is 12.8 Å². The first-order chi connectivity index (χ1) is 10.2. The van der Waals surface area contributed by atoms with Gasteiger partial charge in [-0.15, -0.1) is 11.6 Å². The molecule has 1 heterocycles. The van der Waals surface area contributed by atoms with Crippen LogP contribution in [-0.4, -0.2) is 25.9 Å². The maximum absolute atomic E-state index is 5.91. The van der Waals surface area contributed by atoms with Crippen molar-refractivity contribution >= 4 is 27.5 Å². The van der Waals surface area contributed by atoms with Gasteiger partial charge in [0.05, 0.1) is 23.8 Å². The Balaban J connectivity index is 1.91. The Bertz CT molecular complexity index is 447. The van der Waals surface area contributed by atoms with Gasteiger partial charge >= 0.3 is 0 Å². The van der Waals surface area contributed by atoms with E-state index >= 15 is 0 Å². The summed E-state index contributed by atoms with van der Waals surface area (Å²) in [6.45, 7) is 4.14. The average molecular weight is 378 g/mol. The molecule has 0 aliphatic carbocycles. The Morgan fingerprint density at radius 2 is 2.24 bits per heavy atom. The molecule has 2 rings (SSSR count). The van der Waals surface area contributed by atoms with Crippen LogP contribution in [0.4, 0.5) is 0 Å². The highest BCUT2D eigenvalue weighted by Gasteiger charge is 2.16. The molecule has 0 saturated carbocycles. The van der Waals surface area contributed by atoms with Crippen LogP contribution in [0.2, 0.25) is 0 Å². The molecule has 3 nitrogen and oxygen atoms in total. The van der Waals surface area contributed by atoms with E-state index < -0.39 is 0 Å². The number of hydrogen-bond acceptors (Lipinski definition) is 3. The first-order valence-corrected chi connectivity index (χ1v) is 8.83. The van der Waals surface area contributed by atoms with E-state index in [1.54, 1.807) is 0 Å². The predicted octanol–water partition coefficient (Wildman–Crippen LogP) is 4.92. The standard InChI is InChI=1S/C16H22BrClO3/c1-2-19-15-10-12(11-18)9-14(17)16(15)21-8-4-6-13-5-3-7-20-13/h9-10,13H,2-8,11H2,1H3. The number of alkyl halides is 1. The van der Waals surface area contributed by atoms with E-state index in [9.17, 15) is 0 Å². The minimum Gasteiger partial charge on any atom is -0.490 e. The summed E-state index contributed by atoms with van der Waals surface area (Å²) in [5.74, 6) is 1.97. The molecule has 1 fully saturated rings. The molecule has 0 radical (unpaired) electrons. The predicted molar refractivity (Wildman–Crippen MR) is 88.6 cm³/mol. The Labute approximate surface area is 140 Å². The lowest BCUT2D eigenvalue weighted by Gasteiger charge is -2.15. The molecule has 1 aliphatic heterocycles. The van der Waals surface area contributed by atoms with Gasteiger partial charge in [0.15, 0.2) is 11.5 Å². The SMILES string of the molecule is CCOc1cc(CCl)cc(Br)c1OCCCC1CCCO1. The van der Waals surface area contributed by atoms with Gasteiger partial charge < -0.3 is 14.2 Å². The fraction of sp³-hybridized carbons (Fsp3) is 0.625. The summed E-state index contributed by atoms with van der Waals surface area (Å²) in [4.78, 5) is 0. The highest BCUT2D eigenvalue weighted by molar-refractivity contribution is 9.10. The van der Waals surface area contributed by atoms with Crippen LogP contribution in [0.15, 0.2) is 16.6 Å². The minimum atomic E-state index is 0.419. The van der Waals surface area contributed by atoms with Crippen molar-refractivity contribution in [3.8, 4) is 11.5 Å². The van der Waals surface area contributed by atoms with Crippen molar-refractivity contribution in [3.63, 3.8) is 0 Å². The van der Waals surface area contributed by atoms with Crippen LogP contribution in [0, 0.1) is 0 Å². The largest absolute Gasteiger partial charge is 0.490 e. The van der Waals surface area contributed by atoms with E-state index in [0.717, 1.165) is 41.0 Å². The summed E-state index contributed by atoms with van der Waals surface area (Å²) in [5, 5.41) is 0. The van der Waals surface area contributed by atoms with Gasteiger partial charge in [-0.05, 0) is 66.2 Å². The topological polar surface area (TPSA) is 27.7 Å². The van der Waals surface area contributed by atoms with Crippen molar-refractivity contribution in [2.75, 3.05) is 19.8 Å². The lowest BCUT2D eigenvalue weighted by molar-refractivity contribution is 0.0979.